The van der Waals surface area contributed by atoms with Crippen molar-refractivity contribution < 1.29 is 19.4 Å². The van der Waals surface area contributed by atoms with Crippen molar-refractivity contribution in [3.8, 4) is 0 Å². The van der Waals surface area contributed by atoms with Gasteiger partial charge in [0.1, 0.15) is 0 Å². The molecule has 0 aromatic rings. The molecular weight excluding hydrogens is 224 g/mol. The van der Waals surface area contributed by atoms with E-state index in [1.165, 1.54) is 0 Å². The quantitative estimate of drug-likeness (QED) is 0.624. The first-order valence-corrected chi connectivity index (χ1v) is 5.57. The summed E-state index contributed by atoms with van der Waals surface area (Å²) in [5.41, 5.74) is -0.543. The van der Waals surface area contributed by atoms with Crippen LogP contribution in [-0.4, -0.2) is 42.4 Å². The summed E-state index contributed by atoms with van der Waals surface area (Å²) in [5.74, 6) is -0.867. The maximum atomic E-state index is 11.5. The van der Waals surface area contributed by atoms with Crippen LogP contribution in [0, 0.1) is 0 Å². The number of nitrogens with one attached hydrogen (secondary N) is 2. The van der Waals surface area contributed by atoms with Crippen LogP contribution < -0.4 is 10.6 Å². The number of ether oxygens (including phenoxy) is 1. The van der Waals surface area contributed by atoms with E-state index in [2.05, 4.69) is 10.6 Å². The second-order valence-corrected chi connectivity index (χ2v) is 4.66. The average Bonchev–Trinajstić information content (AvgIpc) is 2.22. The van der Waals surface area contributed by atoms with Crippen molar-refractivity contribution in [2.24, 2.45) is 0 Å². The molecule has 0 fully saturated rings. The number of carboxylic acid groups (broad SMARTS) is 1. The summed E-state index contributed by atoms with van der Waals surface area (Å²) in [6.45, 7) is 5.83. The van der Waals surface area contributed by atoms with Crippen molar-refractivity contribution in [1.82, 2.24) is 10.6 Å². The molecule has 0 spiro atoms. The van der Waals surface area contributed by atoms with E-state index in [4.69, 9.17) is 9.84 Å². The first-order chi connectivity index (χ1) is 7.76. The number of amides is 2. The lowest BCUT2D eigenvalue weighted by molar-refractivity contribution is -0.137. The number of carbonyl (C=O) groups excluding carboxylic acids is 1. The van der Waals surface area contributed by atoms with Gasteiger partial charge in [-0.05, 0) is 27.2 Å². The van der Waals surface area contributed by atoms with E-state index >= 15 is 0 Å². The summed E-state index contributed by atoms with van der Waals surface area (Å²) in [7, 11) is 1.57. The molecule has 17 heavy (non-hydrogen) atoms. The maximum absolute atomic E-state index is 11.5. The fourth-order valence-corrected chi connectivity index (χ4v) is 1.15. The number of urea groups is 1. The zero-order valence-electron chi connectivity index (χ0n) is 10.9. The normalized spacial score (nSPS) is 12.9. The molecule has 0 aromatic heterocycles. The molecule has 6 heteroatoms. The average molecular weight is 246 g/mol. The molecule has 0 radical (unpaired) electrons. The molecule has 0 aliphatic carbocycles. The minimum Gasteiger partial charge on any atom is -0.481 e. The van der Waals surface area contributed by atoms with E-state index in [0.29, 0.717) is 13.0 Å². The largest absolute Gasteiger partial charge is 0.481 e. The molecule has 0 aromatic carbocycles. The fourth-order valence-electron chi connectivity index (χ4n) is 1.15. The zero-order valence-corrected chi connectivity index (χ0v) is 10.9. The molecule has 0 bridgehead atoms. The minimum absolute atomic E-state index is 0.0295. The van der Waals surface area contributed by atoms with Crippen molar-refractivity contribution in [2.45, 2.75) is 45.3 Å². The second-order valence-electron chi connectivity index (χ2n) is 4.66. The fraction of sp³-hybridized carbons (Fsp3) is 0.818. The monoisotopic (exact) mass is 246 g/mol. The van der Waals surface area contributed by atoms with E-state index in [9.17, 15) is 9.59 Å². The molecule has 0 aliphatic heterocycles. The van der Waals surface area contributed by atoms with Gasteiger partial charge in [0, 0.05) is 25.6 Å². The van der Waals surface area contributed by atoms with Crippen LogP contribution in [0.25, 0.3) is 0 Å². The van der Waals surface area contributed by atoms with E-state index in [-0.39, 0.29) is 18.6 Å². The summed E-state index contributed by atoms with van der Waals surface area (Å²) in [4.78, 5) is 21.9. The highest BCUT2D eigenvalue weighted by Gasteiger charge is 2.21. The molecular formula is C11H22N2O4. The van der Waals surface area contributed by atoms with E-state index in [1.54, 1.807) is 21.0 Å². The Morgan fingerprint density at radius 2 is 2.00 bits per heavy atom. The highest BCUT2D eigenvalue weighted by molar-refractivity contribution is 5.74. The van der Waals surface area contributed by atoms with Crippen LogP contribution in [0.15, 0.2) is 0 Å². The standard InChI is InChI=1S/C11H22N2O4/c1-8(17-4)7-12-10(16)13-11(2,3)6-5-9(14)15/h8H,5-7H2,1-4H3,(H,14,15)(H2,12,13,16). The number of hydrogen-bond acceptors (Lipinski definition) is 3. The Hall–Kier alpha value is -1.30. The Kier molecular flexibility index (Phi) is 6.57. The highest BCUT2D eigenvalue weighted by Crippen LogP contribution is 2.10. The number of methoxy groups -OCH3 is 1. The molecule has 6 nitrogen and oxygen atoms in total. The Morgan fingerprint density at radius 1 is 1.41 bits per heavy atom. The van der Waals surface area contributed by atoms with Gasteiger partial charge >= 0.3 is 12.0 Å². The van der Waals surface area contributed by atoms with Gasteiger partial charge in [-0.15, -0.1) is 0 Å². The summed E-state index contributed by atoms with van der Waals surface area (Å²) >= 11 is 0. The van der Waals surface area contributed by atoms with Crippen LogP contribution in [0.4, 0.5) is 4.79 Å². The molecule has 1 atom stereocenters. The summed E-state index contributed by atoms with van der Waals surface area (Å²) in [5, 5.41) is 14.0. The molecule has 3 N–H and O–H groups in total. The third kappa shape index (κ3) is 8.50. The molecule has 1 unspecified atom stereocenters. The number of hydrogen-bond donors (Lipinski definition) is 3. The Morgan fingerprint density at radius 3 is 2.47 bits per heavy atom. The summed E-state index contributed by atoms with van der Waals surface area (Å²) in [6, 6.07) is -0.315. The molecule has 0 saturated heterocycles. The van der Waals surface area contributed by atoms with Crippen LogP contribution >= 0.6 is 0 Å². The lowest BCUT2D eigenvalue weighted by Gasteiger charge is -2.26. The van der Waals surface area contributed by atoms with Gasteiger partial charge in [-0.1, -0.05) is 0 Å². The van der Waals surface area contributed by atoms with E-state index < -0.39 is 11.5 Å². The van der Waals surface area contributed by atoms with Crippen molar-refractivity contribution in [3.63, 3.8) is 0 Å². The molecule has 0 heterocycles. The third-order valence-corrected chi connectivity index (χ3v) is 2.37. The molecule has 2 amide bonds. The smallest absolute Gasteiger partial charge is 0.315 e. The predicted octanol–water partition coefficient (Wildman–Crippen LogP) is 0.964. The van der Waals surface area contributed by atoms with Crippen LogP contribution in [0.3, 0.4) is 0 Å². The first-order valence-electron chi connectivity index (χ1n) is 5.57. The van der Waals surface area contributed by atoms with E-state index in [1.807, 2.05) is 6.92 Å². The van der Waals surface area contributed by atoms with Gasteiger partial charge in [-0.3, -0.25) is 4.79 Å². The Labute approximate surface area is 102 Å². The number of carboxylic acids is 1. The number of carbonyl (C=O) groups is 2. The van der Waals surface area contributed by atoms with Gasteiger partial charge in [-0.2, -0.15) is 0 Å². The van der Waals surface area contributed by atoms with Gasteiger partial charge in [0.15, 0.2) is 0 Å². The summed E-state index contributed by atoms with van der Waals surface area (Å²) < 4.78 is 4.99. The predicted molar refractivity (Wildman–Crippen MR) is 64.0 cm³/mol. The van der Waals surface area contributed by atoms with E-state index in [0.717, 1.165) is 0 Å². The summed E-state index contributed by atoms with van der Waals surface area (Å²) in [6.07, 6.45) is 0.361. The molecule has 100 valence electrons. The van der Waals surface area contributed by atoms with Crippen LogP contribution in [0.2, 0.25) is 0 Å². The van der Waals surface area contributed by atoms with Gasteiger partial charge < -0.3 is 20.5 Å². The number of aliphatic carboxylic acids is 1. The topological polar surface area (TPSA) is 87.7 Å². The highest BCUT2D eigenvalue weighted by atomic mass is 16.5. The Bertz CT molecular complexity index is 266. The van der Waals surface area contributed by atoms with Crippen LogP contribution in [0.5, 0.6) is 0 Å². The van der Waals surface area contributed by atoms with Crippen LogP contribution in [0.1, 0.15) is 33.6 Å². The number of rotatable bonds is 7. The van der Waals surface area contributed by atoms with Crippen molar-refractivity contribution in [2.75, 3.05) is 13.7 Å². The minimum atomic E-state index is -0.867. The molecule has 0 aliphatic rings. The van der Waals surface area contributed by atoms with Crippen molar-refractivity contribution >= 4 is 12.0 Å². The SMILES string of the molecule is COC(C)CNC(=O)NC(C)(C)CCC(=O)O. The molecule has 0 saturated carbocycles. The van der Waals surface area contributed by atoms with Gasteiger partial charge in [0.05, 0.1) is 6.10 Å². The second kappa shape index (κ2) is 7.11. The van der Waals surface area contributed by atoms with Crippen molar-refractivity contribution in [1.29, 1.82) is 0 Å². The first kappa shape index (κ1) is 15.7. The van der Waals surface area contributed by atoms with Crippen molar-refractivity contribution in [3.05, 3.63) is 0 Å². The Balaban J connectivity index is 3.96. The van der Waals surface area contributed by atoms with Crippen LogP contribution in [-0.2, 0) is 9.53 Å². The maximum Gasteiger partial charge on any atom is 0.315 e. The lowest BCUT2D eigenvalue weighted by atomic mass is 9.99. The van der Waals surface area contributed by atoms with Gasteiger partial charge in [0.2, 0.25) is 0 Å². The zero-order chi connectivity index (χ0) is 13.5. The van der Waals surface area contributed by atoms with Gasteiger partial charge in [-0.25, -0.2) is 4.79 Å². The van der Waals surface area contributed by atoms with Gasteiger partial charge in [0.25, 0.3) is 0 Å². The lowest BCUT2D eigenvalue weighted by Crippen LogP contribution is -2.49. The molecule has 0 rings (SSSR count). The third-order valence-electron chi connectivity index (χ3n) is 2.37.